The van der Waals surface area contributed by atoms with E-state index >= 15 is 0 Å². The number of benzene rings is 1. The maximum Gasteiger partial charge on any atom is 0.0408 e. The van der Waals surface area contributed by atoms with E-state index in [2.05, 4.69) is 17.4 Å². The molecule has 1 unspecified atom stereocenters. The summed E-state index contributed by atoms with van der Waals surface area (Å²) in [7, 11) is 0. The Labute approximate surface area is 95.8 Å². The van der Waals surface area contributed by atoms with E-state index in [1.54, 1.807) is 5.56 Å². The summed E-state index contributed by atoms with van der Waals surface area (Å²) < 4.78 is 0. The van der Waals surface area contributed by atoms with Crippen molar-refractivity contribution in [3.8, 4) is 0 Å². The highest BCUT2D eigenvalue weighted by molar-refractivity contribution is 6.30. The van der Waals surface area contributed by atoms with Crippen molar-refractivity contribution in [3.05, 3.63) is 34.3 Å². The normalized spacial score (nSPS) is 29.4. The Kier molecular flexibility index (Phi) is 2.26. The van der Waals surface area contributed by atoms with Gasteiger partial charge in [-0.25, -0.2) is 0 Å². The summed E-state index contributed by atoms with van der Waals surface area (Å²) in [6.07, 6.45) is 5.16. The molecule has 2 aliphatic rings. The van der Waals surface area contributed by atoms with Crippen LogP contribution in [0.5, 0.6) is 0 Å². The third-order valence-corrected chi connectivity index (χ3v) is 4.22. The van der Waals surface area contributed by atoms with Gasteiger partial charge in [0.1, 0.15) is 0 Å². The number of halogens is 1. The lowest BCUT2D eigenvalue weighted by atomic mass is 9.76. The lowest BCUT2D eigenvalue weighted by molar-refractivity contribution is 0.311. The van der Waals surface area contributed by atoms with Crippen molar-refractivity contribution in [1.82, 2.24) is 5.32 Å². The van der Waals surface area contributed by atoms with Gasteiger partial charge in [0, 0.05) is 17.0 Å². The summed E-state index contributed by atoms with van der Waals surface area (Å²) in [6, 6.07) is 6.44. The average molecular weight is 222 g/mol. The molecule has 1 atom stereocenters. The summed E-state index contributed by atoms with van der Waals surface area (Å²) in [6.45, 7) is 2.34. The lowest BCUT2D eigenvalue weighted by Gasteiger charge is -2.35. The molecule has 1 aromatic carbocycles. The second kappa shape index (κ2) is 3.50. The first-order valence-corrected chi connectivity index (χ1v) is 6.18. The monoisotopic (exact) mass is 221 g/mol. The molecule has 0 aromatic heterocycles. The van der Waals surface area contributed by atoms with Crippen LogP contribution in [0.25, 0.3) is 0 Å². The van der Waals surface area contributed by atoms with E-state index in [1.165, 1.54) is 37.8 Å². The van der Waals surface area contributed by atoms with E-state index in [0.717, 1.165) is 11.6 Å². The Bertz CT molecular complexity index is 380. The minimum atomic E-state index is 0.429. The number of piperidine rings is 1. The van der Waals surface area contributed by atoms with Crippen molar-refractivity contribution in [1.29, 1.82) is 0 Å². The number of hydrogen-bond acceptors (Lipinski definition) is 1. The van der Waals surface area contributed by atoms with Crippen LogP contribution in [0.4, 0.5) is 0 Å². The van der Waals surface area contributed by atoms with Gasteiger partial charge >= 0.3 is 0 Å². The fraction of sp³-hybridized carbons (Fsp3) is 0.538. The highest BCUT2D eigenvalue weighted by atomic mass is 35.5. The molecule has 1 saturated heterocycles. The minimum Gasteiger partial charge on any atom is -0.316 e. The van der Waals surface area contributed by atoms with Crippen LogP contribution in [0, 0.1) is 0 Å². The molecule has 0 radical (unpaired) electrons. The molecule has 3 rings (SSSR count). The van der Waals surface area contributed by atoms with E-state index in [4.69, 9.17) is 11.6 Å². The van der Waals surface area contributed by atoms with Crippen molar-refractivity contribution >= 4 is 11.6 Å². The first-order chi connectivity index (χ1) is 7.30. The number of aryl methyl sites for hydroxylation is 1. The number of hydrogen-bond donors (Lipinski definition) is 1. The summed E-state index contributed by atoms with van der Waals surface area (Å²) in [5.74, 6) is 0. The quantitative estimate of drug-likeness (QED) is 0.711. The molecule has 1 N–H and O–H groups in total. The molecule has 1 aromatic rings. The van der Waals surface area contributed by atoms with Gasteiger partial charge in [0.15, 0.2) is 0 Å². The number of fused-ring (bicyclic) bond motifs is 2. The second-order valence-electron chi connectivity index (χ2n) is 4.86. The van der Waals surface area contributed by atoms with Crippen LogP contribution < -0.4 is 5.32 Å². The SMILES string of the molecule is Clc1ccc2c(c1)CCC21CCCNC1. The summed E-state index contributed by atoms with van der Waals surface area (Å²) >= 11 is 6.04. The van der Waals surface area contributed by atoms with Crippen LogP contribution in [0.3, 0.4) is 0 Å². The molecule has 1 nitrogen and oxygen atoms in total. The first kappa shape index (κ1) is 9.68. The molecule has 1 aliphatic carbocycles. The summed E-state index contributed by atoms with van der Waals surface area (Å²) in [5, 5.41) is 4.42. The van der Waals surface area contributed by atoms with Crippen LogP contribution in [-0.4, -0.2) is 13.1 Å². The highest BCUT2D eigenvalue weighted by Gasteiger charge is 2.39. The third kappa shape index (κ3) is 1.49. The predicted octanol–water partition coefficient (Wildman–Crippen LogP) is 2.91. The number of nitrogens with one attached hydrogen (secondary N) is 1. The van der Waals surface area contributed by atoms with Crippen LogP contribution in [0.1, 0.15) is 30.4 Å². The fourth-order valence-electron chi connectivity index (χ4n) is 3.21. The van der Waals surface area contributed by atoms with Gasteiger partial charge in [-0.3, -0.25) is 0 Å². The topological polar surface area (TPSA) is 12.0 Å². The van der Waals surface area contributed by atoms with Gasteiger partial charge in [0.05, 0.1) is 0 Å². The standard InChI is InChI=1S/C13H16ClN/c14-11-2-3-12-10(8-11)4-6-13(12)5-1-7-15-9-13/h2-3,8,15H,1,4-7,9H2. The molecule has 0 saturated carbocycles. The molecular formula is C13H16ClN. The average Bonchev–Trinajstić information content (AvgIpc) is 2.58. The van der Waals surface area contributed by atoms with Crippen LogP contribution in [-0.2, 0) is 11.8 Å². The molecule has 0 bridgehead atoms. The van der Waals surface area contributed by atoms with Crippen LogP contribution in [0.2, 0.25) is 5.02 Å². The van der Waals surface area contributed by atoms with Crippen LogP contribution in [0.15, 0.2) is 18.2 Å². The molecule has 80 valence electrons. The Balaban J connectivity index is 2.03. The van der Waals surface area contributed by atoms with Gasteiger partial charge < -0.3 is 5.32 Å². The van der Waals surface area contributed by atoms with Gasteiger partial charge in [-0.2, -0.15) is 0 Å². The summed E-state index contributed by atoms with van der Waals surface area (Å²) in [5.41, 5.74) is 3.46. The minimum absolute atomic E-state index is 0.429. The molecular weight excluding hydrogens is 206 g/mol. The van der Waals surface area contributed by atoms with Gasteiger partial charge in [-0.15, -0.1) is 0 Å². The zero-order valence-corrected chi connectivity index (χ0v) is 9.61. The molecule has 1 heterocycles. The molecule has 1 spiro atoms. The lowest BCUT2D eigenvalue weighted by Crippen LogP contribution is -2.41. The van der Waals surface area contributed by atoms with Crippen molar-refractivity contribution < 1.29 is 0 Å². The van der Waals surface area contributed by atoms with Crippen molar-refractivity contribution in [2.24, 2.45) is 0 Å². The molecule has 2 heteroatoms. The van der Waals surface area contributed by atoms with E-state index in [1.807, 2.05) is 6.07 Å². The predicted molar refractivity (Wildman–Crippen MR) is 63.6 cm³/mol. The molecule has 1 aliphatic heterocycles. The van der Waals surface area contributed by atoms with Crippen molar-refractivity contribution in [3.63, 3.8) is 0 Å². The zero-order chi connectivity index (χ0) is 10.3. The number of rotatable bonds is 0. The maximum absolute atomic E-state index is 6.04. The summed E-state index contributed by atoms with van der Waals surface area (Å²) in [4.78, 5) is 0. The van der Waals surface area contributed by atoms with Gasteiger partial charge in [0.25, 0.3) is 0 Å². The fourth-order valence-corrected chi connectivity index (χ4v) is 3.40. The third-order valence-electron chi connectivity index (χ3n) is 3.98. The van der Waals surface area contributed by atoms with Crippen LogP contribution >= 0.6 is 11.6 Å². The Morgan fingerprint density at radius 3 is 3.00 bits per heavy atom. The van der Waals surface area contributed by atoms with Gasteiger partial charge in [-0.1, -0.05) is 17.7 Å². The van der Waals surface area contributed by atoms with Gasteiger partial charge in [-0.05, 0) is 55.5 Å². The zero-order valence-electron chi connectivity index (χ0n) is 8.85. The Morgan fingerprint density at radius 1 is 1.27 bits per heavy atom. The Hall–Kier alpha value is -0.530. The van der Waals surface area contributed by atoms with E-state index in [-0.39, 0.29) is 0 Å². The largest absolute Gasteiger partial charge is 0.316 e. The maximum atomic E-state index is 6.04. The molecule has 1 fully saturated rings. The van der Waals surface area contributed by atoms with Gasteiger partial charge in [0.2, 0.25) is 0 Å². The molecule has 15 heavy (non-hydrogen) atoms. The smallest absolute Gasteiger partial charge is 0.0408 e. The van der Waals surface area contributed by atoms with Crippen molar-refractivity contribution in [2.75, 3.05) is 13.1 Å². The van der Waals surface area contributed by atoms with E-state index in [0.29, 0.717) is 5.41 Å². The van der Waals surface area contributed by atoms with Crippen molar-refractivity contribution in [2.45, 2.75) is 31.1 Å². The Morgan fingerprint density at radius 2 is 2.20 bits per heavy atom. The second-order valence-corrected chi connectivity index (χ2v) is 5.30. The molecule has 0 amide bonds. The van der Waals surface area contributed by atoms with E-state index < -0.39 is 0 Å². The van der Waals surface area contributed by atoms with E-state index in [9.17, 15) is 0 Å². The first-order valence-electron chi connectivity index (χ1n) is 5.80. The highest BCUT2D eigenvalue weighted by Crippen LogP contribution is 2.43.